The third-order valence-electron chi connectivity index (χ3n) is 16.6. The molecule has 99 heavy (non-hydrogen) atoms. The molecule has 12 rings (SSSR count). The van der Waals surface area contributed by atoms with E-state index in [0.29, 0.717) is 77.4 Å². The number of nitrogens with one attached hydrogen (secondary N) is 2. The Kier molecular flexibility index (Phi) is 31.6. The van der Waals surface area contributed by atoms with Gasteiger partial charge < -0.3 is 36.4 Å². The molecular weight excluding hydrogens is 1460 g/mol. The van der Waals surface area contributed by atoms with Crippen LogP contribution in [0.3, 0.4) is 0 Å². The molecule has 0 unspecified atom stereocenters. The molecule has 3 aliphatic heterocycles. The molecule has 4 aromatic carbocycles. The van der Waals surface area contributed by atoms with E-state index in [0.717, 1.165) is 125 Å². The predicted octanol–water partition coefficient (Wildman–Crippen LogP) is 12.0. The molecule has 0 spiro atoms. The number of halogens is 4. The van der Waals surface area contributed by atoms with Crippen molar-refractivity contribution in [3.05, 3.63) is 148 Å². The van der Waals surface area contributed by atoms with Gasteiger partial charge in [-0.15, -0.1) is 0 Å². The number of ketones is 5. The number of aromatic nitrogens is 4. The minimum atomic E-state index is -0.965. The summed E-state index contributed by atoms with van der Waals surface area (Å²) in [4.78, 5) is 70.9. The minimum Gasteiger partial charge on any atom is -0.381 e. The number of hydrogen-bond donors (Lipinski definition) is 7. The van der Waals surface area contributed by atoms with Gasteiger partial charge in [-0.3, -0.25) is 46.3 Å². The first-order valence-electron chi connectivity index (χ1n) is 32.4. The van der Waals surface area contributed by atoms with Crippen LogP contribution in [0.5, 0.6) is 0 Å². The third-order valence-corrected chi connectivity index (χ3v) is 18.6. The van der Waals surface area contributed by atoms with Crippen LogP contribution in [0.2, 0.25) is 0 Å². The average molecular weight is 1550 g/mol. The number of rotatable bonds is 7. The standard InChI is InChI=1S/C22H28N4O3.C17H16BrN3O.C10H14O3.C7H3BrFN.C7H6BrN3.C5H11NO.C4H8O.H4N2/c1-13-20-18(11-22(2,3)12-19(20)27)26(25-13)15-4-5-16(21(23)28)17(10-15)24-14-6-8-29-9-7-14;1-10-16-14(7-17(2,3)8-15(16)22)21(20-10)12-5-4-11(9-19)13(18)6-12;1-6(11)9-7(12)4-10(2,3)5-8(9)13;8-7-3-6(9)2-1-5(7)4-10;8-7-3-6(11-10)2-1-5(7)4-9;6-5-1-3-7-4-2-5;1-2-4-5-3-1;1-2/h4-5,10,14,24H,6-9,11-12H2,1-3H3,(H2,23,28);4-6H,7-8H2,1-3H3;9H,4-5H2,1-3H3;1-3H;1-3,11H,10H2;5H,1-4,6H2;1-4H2;1-2H2. The normalized spacial score (nSPS) is 17.2. The third kappa shape index (κ3) is 24.0. The maximum absolute atomic E-state index is 12.7. The van der Waals surface area contributed by atoms with Crippen LogP contribution in [0.25, 0.3) is 11.4 Å². The lowest BCUT2D eigenvalue weighted by atomic mass is 9.70. The van der Waals surface area contributed by atoms with Gasteiger partial charge >= 0.3 is 0 Å². The van der Waals surface area contributed by atoms with Crippen molar-refractivity contribution < 1.29 is 47.4 Å². The van der Waals surface area contributed by atoms with E-state index in [2.05, 4.69) is 114 Å². The summed E-state index contributed by atoms with van der Waals surface area (Å²) in [7, 11) is 0. The van der Waals surface area contributed by atoms with Crippen molar-refractivity contribution in [3.8, 4) is 29.6 Å². The lowest BCUT2D eigenvalue weighted by Crippen LogP contribution is -2.40. The van der Waals surface area contributed by atoms with E-state index in [1.54, 1.807) is 30.3 Å². The lowest BCUT2D eigenvalue weighted by Gasteiger charge is -2.30. The zero-order chi connectivity index (χ0) is 73.5. The molecule has 2 aromatic heterocycles. The molecule has 5 heterocycles. The lowest BCUT2D eigenvalue weighted by molar-refractivity contribution is -0.144. The second-order valence-corrected chi connectivity index (χ2v) is 29.4. The first kappa shape index (κ1) is 82.0. The highest BCUT2D eigenvalue weighted by Crippen LogP contribution is 2.40. The Morgan fingerprint density at radius 3 is 1.40 bits per heavy atom. The monoisotopic (exact) mass is 1550 g/mol. The summed E-state index contributed by atoms with van der Waals surface area (Å²) in [6, 6.07) is 26.8. The fourth-order valence-corrected chi connectivity index (χ4v) is 13.2. The van der Waals surface area contributed by atoms with E-state index in [4.69, 9.17) is 47.3 Å². The fraction of sp³-hybridized carbons (Fsp3) is 0.458. The summed E-state index contributed by atoms with van der Waals surface area (Å²) >= 11 is 9.69. The number of hydrogen-bond acceptors (Lipinski definition) is 20. The van der Waals surface area contributed by atoms with Gasteiger partial charge in [-0.25, -0.2) is 13.8 Å². The van der Waals surface area contributed by atoms with Gasteiger partial charge in [0.15, 0.2) is 23.1 Å². The SMILES string of the molecule is C1CCOC1.CC(=O)C1C(=O)CC(C)(C)CC1=O.Cc1nn(-c2ccc(C#N)c(Br)c2)c2c1C(=O)CC(C)(C)C2.Cc1nn(-c2ccc(C(N)=O)c(NC3CCOCC3)c2)c2c1C(=O)CC(C)(C)C2.N#Cc1ccc(F)cc1Br.N#Cc1ccc(NN)cc1Br.NC1CCOCC1.NN. The van der Waals surface area contributed by atoms with E-state index in [1.165, 1.54) is 38.0 Å². The number of primary amides is 1. The van der Waals surface area contributed by atoms with Crippen LogP contribution < -0.4 is 39.7 Å². The number of amides is 1. The number of Topliss-reactive ketones (excluding diaryl/α,β-unsaturated/α-hetero) is 5. The largest absolute Gasteiger partial charge is 0.381 e. The number of ether oxygens (including phenoxy) is 3. The molecule has 23 nitrogen and oxygen atoms in total. The molecule has 6 aliphatic rings. The van der Waals surface area contributed by atoms with Gasteiger partial charge in [0.25, 0.3) is 5.91 Å². The number of hydrazine groups is 2. The smallest absolute Gasteiger partial charge is 0.250 e. The molecule has 530 valence electrons. The number of benzene rings is 4. The van der Waals surface area contributed by atoms with Crippen LogP contribution in [0, 0.1) is 75.8 Å². The van der Waals surface area contributed by atoms with E-state index < -0.39 is 11.8 Å². The van der Waals surface area contributed by atoms with Gasteiger partial charge in [0.05, 0.1) is 67.5 Å². The summed E-state index contributed by atoms with van der Waals surface area (Å²) in [5.41, 5.74) is 23.4. The van der Waals surface area contributed by atoms with Crippen LogP contribution in [-0.2, 0) is 41.4 Å². The number of carbonyl (C=O) groups is 6. The molecule has 0 bridgehead atoms. The minimum absolute atomic E-state index is 0.0574. The maximum Gasteiger partial charge on any atom is 0.250 e. The highest BCUT2D eigenvalue weighted by atomic mass is 79.9. The van der Waals surface area contributed by atoms with Crippen molar-refractivity contribution in [1.29, 1.82) is 15.8 Å². The second kappa shape index (κ2) is 38.2. The number of anilines is 2. The molecule has 6 aromatic rings. The Hall–Kier alpha value is -7.72. The van der Waals surface area contributed by atoms with Crippen LogP contribution in [-0.4, -0.2) is 106 Å². The zero-order valence-electron chi connectivity index (χ0n) is 57.6. The number of nitrogens with zero attached hydrogens (tertiary/aromatic N) is 7. The maximum atomic E-state index is 12.7. The molecule has 3 saturated heterocycles. The van der Waals surface area contributed by atoms with Crippen LogP contribution in [0.4, 0.5) is 15.8 Å². The van der Waals surface area contributed by atoms with Crippen molar-refractivity contribution >= 4 is 94.0 Å². The van der Waals surface area contributed by atoms with Gasteiger partial charge in [-0.2, -0.15) is 26.0 Å². The number of nitriles is 3. The highest BCUT2D eigenvalue weighted by molar-refractivity contribution is 9.11. The van der Waals surface area contributed by atoms with Crippen molar-refractivity contribution in [1.82, 2.24) is 19.6 Å². The molecule has 0 radical (unpaired) electrons. The van der Waals surface area contributed by atoms with Crippen LogP contribution >= 0.6 is 47.8 Å². The molecule has 3 aliphatic carbocycles. The van der Waals surface area contributed by atoms with E-state index in [-0.39, 0.29) is 57.0 Å². The molecule has 1 saturated carbocycles. The average Bonchev–Trinajstić information content (AvgIpc) is 1.64. The Labute approximate surface area is 603 Å². The first-order valence-corrected chi connectivity index (χ1v) is 34.7. The molecule has 0 atom stereocenters. The van der Waals surface area contributed by atoms with E-state index in [1.807, 2.05) is 73.5 Å². The Morgan fingerprint density at radius 2 is 1.01 bits per heavy atom. The Balaban J connectivity index is 0.000000223. The Bertz CT molecular complexity index is 3950. The zero-order valence-corrected chi connectivity index (χ0v) is 62.3. The van der Waals surface area contributed by atoms with Crippen molar-refractivity contribution in [2.24, 2.45) is 51.2 Å². The first-order chi connectivity index (χ1) is 46.8. The molecule has 4 fully saturated rings. The van der Waals surface area contributed by atoms with Gasteiger partial charge in [0.2, 0.25) is 0 Å². The topological polar surface area (TPSA) is 391 Å². The van der Waals surface area contributed by atoms with Gasteiger partial charge in [-0.1, -0.05) is 41.5 Å². The number of nitrogen functional groups attached to an aromatic ring is 1. The van der Waals surface area contributed by atoms with Crippen LogP contribution in [0.15, 0.2) is 86.2 Å². The number of nitrogens with two attached hydrogens (primary N) is 5. The number of fused-ring (bicyclic) bond motifs is 2. The van der Waals surface area contributed by atoms with Crippen molar-refractivity contribution in [2.75, 3.05) is 50.4 Å². The summed E-state index contributed by atoms with van der Waals surface area (Å²) < 4.78 is 33.4. The molecular formula is C72H90Br3FN14O9. The van der Waals surface area contributed by atoms with Gasteiger partial charge in [-0.05, 0) is 209 Å². The van der Waals surface area contributed by atoms with Crippen LogP contribution in [0.1, 0.15) is 183 Å². The number of carbonyl (C=O) groups excluding carboxylic acids is 6. The van der Waals surface area contributed by atoms with E-state index >= 15 is 0 Å². The number of aryl methyl sites for hydroxylation is 2. The highest BCUT2D eigenvalue weighted by Gasteiger charge is 2.42. The van der Waals surface area contributed by atoms with Crippen molar-refractivity contribution in [2.45, 2.75) is 151 Å². The summed E-state index contributed by atoms with van der Waals surface area (Å²) in [5, 5.41) is 38.7. The van der Waals surface area contributed by atoms with Gasteiger partial charge in [0.1, 0.15) is 35.7 Å². The Morgan fingerprint density at radius 1 is 0.596 bits per heavy atom. The fourth-order valence-electron chi connectivity index (χ4n) is 11.8. The predicted molar refractivity (Wildman–Crippen MR) is 387 cm³/mol. The quantitative estimate of drug-likeness (QED) is 0.0443. The van der Waals surface area contributed by atoms with E-state index in [9.17, 15) is 33.2 Å². The van der Waals surface area contributed by atoms with Gasteiger partial charge in [0, 0.05) is 102 Å². The summed E-state index contributed by atoms with van der Waals surface area (Å²) in [5.74, 6) is 11.0. The molecule has 12 N–H and O–H groups in total. The molecule has 27 heteroatoms. The summed E-state index contributed by atoms with van der Waals surface area (Å²) in [6.45, 7) is 22.4. The molecule has 1 amide bonds. The van der Waals surface area contributed by atoms with Crippen molar-refractivity contribution in [3.63, 3.8) is 0 Å². The summed E-state index contributed by atoms with van der Waals surface area (Å²) in [6.07, 6.45) is 9.74. The second-order valence-electron chi connectivity index (χ2n) is 26.9.